The van der Waals surface area contributed by atoms with Crippen molar-refractivity contribution in [1.82, 2.24) is 0 Å². The van der Waals surface area contributed by atoms with E-state index in [0.717, 1.165) is 47.9 Å². The lowest BCUT2D eigenvalue weighted by Crippen LogP contribution is -2.19. The minimum absolute atomic E-state index is 0.170. The summed E-state index contributed by atoms with van der Waals surface area (Å²) in [7, 11) is 0. The molecule has 0 aliphatic heterocycles. The van der Waals surface area contributed by atoms with E-state index in [1.807, 2.05) is 60.7 Å². The first kappa shape index (κ1) is 38.9. The highest BCUT2D eigenvalue weighted by Gasteiger charge is 2.23. The van der Waals surface area contributed by atoms with Crippen LogP contribution in [0, 0.1) is 0 Å². The van der Waals surface area contributed by atoms with Gasteiger partial charge >= 0.3 is 17.9 Å². The number of benzene rings is 3. The maximum atomic E-state index is 11.0. The lowest BCUT2D eigenvalue weighted by atomic mass is 9.78. The summed E-state index contributed by atoms with van der Waals surface area (Å²) in [5, 5.41) is 0. The molecule has 3 aromatic carbocycles. The minimum atomic E-state index is -0.465. The van der Waals surface area contributed by atoms with Crippen molar-refractivity contribution >= 4 is 17.9 Å². The van der Waals surface area contributed by atoms with E-state index >= 15 is 0 Å². The Balaban J connectivity index is 0.000000397. The van der Waals surface area contributed by atoms with Gasteiger partial charge in [-0.15, -0.1) is 0 Å². The smallest absolute Gasteiger partial charge is 0.330 e. The van der Waals surface area contributed by atoms with Crippen LogP contribution in [0.1, 0.15) is 43.9 Å². The fourth-order valence-corrected chi connectivity index (χ4v) is 4.23. The Labute approximate surface area is 283 Å². The number of aryl methyl sites for hydroxylation is 1. The molecule has 0 aliphatic carbocycles. The van der Waals surface area contributed by atoms with Gasteiger partial charge in [0.15, 0.2) is 0 Å². The Morgan fingerprint density at radius 2 is 0.854 bits per heavy atom. The predicted molar refractivity (Wildman–Crippen MR) is 185 cm³/mol. The molecule has 3 aromatic rings. The molecule has 9 nitrogen and oxygen atoms in total. The Morgan fingerprint density at radius 1 is 0.542 bits per heavy atom. The number of hydrogen-bond acceptors (Lipinski definition) is 9. The molecular weight excluding hydrogens is 612 g/mol. The van der Waals surface area contributed by atoms with Gasteiger partial charge in [-0.1, -0.05) is 83.3 Å². The highest BCUT2D eigenvalue weighted by atomic mass is 16.6. The maximum absolute atomic E-state index is 11.0. The van der Waals surface area contributed by atoms with Crippen LogP contribution < -0.4 is 14.2 Å². The number of hydrogen-bond donors (Lipinski definition) is 0. The van der Waals surface area contributed by atoms with Crippen molar-refractivity contribution < 1.29 is 42.8 Å². The number of carbonyl (C=O) groups excluding carboxylic acids is 3. The van der Waals surface area contributed by atoms with Crippen LogP contribution >= 0.6 is 0 Å². The third kappa shape index (κ3) is 14.4. The molecule has 0 bridgehead atoms. The second-order valence-corrected chi connectivity index (χ2v) is 10.7. The zero-order valence-electron chi connectivity index (χ0n) is 28.1. The van der Waals surface area contributed by atoms with Crippen molar-refractivity contribution in [2.24, 2.45) is 0 Å². The van der Waals surface area contributed by atoms with E-state index in [1.54, 1.807) is 0 Å². The summed E-state index contributed by atoms with van der Waals surface area (Å²) in [6, 6.07) is 23.6. The number of rotatable bonds is 19. The van der Waals surface area contributed by atoms with Crippen molar-refractivity contribution in [2.45, 2.75) is 39.0 Å². The number of esters is 3. The van der Waals surface area contributed by atoms with Crippen LogP contribution in [0.5, 0.6) is 17.2 Å². The molecular formula is C39H46O9. The van der Waals surface area contributed by atoms with Crippen LogP contribution in [0.3, 0.4) is 0 Å². The highest BCUT2D eigenvalue weighted by molar-refractivity contribution is 5.81. The summed E-state index contributed by atoms with van der Waals surface area (Å²) >= 11 is 0. The summed E-state index contributed by atoms with van der Waals surface area (Å²) in [5.41, 5.74) is 3.33. The second kappa shape index (κ2) is 21.5. The zero-order valence-corrected chi connectivity index (χ0v) is 28.1. The molecule has 0 unspecified atom stereocenters. The minimum Gasteiger partial charge on any atom is -0.490 e. The van der Waals surface area contributed by atoms with Crippen LogP contribution in [-0.2, 0) is 40.4 Å². The van der Waals surface area contributed by atoms with Gasteiger partial charge in [0.05, 0.1) is 0 Å². The van der Waals surface area contributed by atoms with Crippen LogP contribution in [0.4, 0.5) is 0 Å². The van der Waals surface area contributed by atoms with Crippen molar-refractivity contribution in [2.75, 3.05) is 39.6 Å². The van der Waals surface area contributed by atoms with Gasteiger partial charge in [0.2, 0.25) is 0 Å². The van der Waals surface area contributed by atoms with Crippen molar-refractivity contribution in [3.05, 3.63) is 127 Å². The molecule has 0 aliphatic rings. The van der Waals surface area contributed by atoms with Crippen molar-refractivity contribution in [3.63, 3.8) is 0 Å². The van der Waals surface area contributed by atoms with Gasteiger partial charge in [-0.2, -0.15) is 0 Å². The topological polar surface area (TPSA) is 107 Å². The molecule has 0 saturated heterocycles. The summed E-state index contributed by atoms with van der Waals surface area (Å²) in [6.45, 7) is 17.9. The van der Waals surface area contributed by atoms with E-state index in [2.05, 4.69) is 52.6 Å². The van der Waals surface area contributed by atoms with E-state index in [1.165, 1.54) is 5.56 Å². The third-order valence-electron chi connectivity index (χ3n) is 6.90. The lowest BCUT2D eigenvalue weighted by Gasteiger charge is -2.26. The first-order valence-electron chi connectivity index (χ1n) is 15.7. The number of carbonyl (C=O) groups is 3. The van der Waals surface area contributed by atoms with Crippen LogP contribution in [0.2, 0.25) is 0 Å². The molecule has 0 fully saturated rings. The Morgan fingerprint density at radius 3 is 1.15 bits per heavy atom. The summed E-state index contributed by atoms with van der Waals surface area (Å²) in [6.07, 6.45) is 5.60. The maximum Gasteiger partial charge on any atom is 0.330 e. The average molecular weight is 659 g/mol. The van der Waals surface area contributed by atoms with Gasteiger partial charge in [-0.25, -0.2) is 14.4 Å². The Hall–Kier alpha value is -5.31. The number of ether oxygens (including phenoxy) is 6. The van der Waals surface area contributed by atoms with E-state index in [4.69, 9.17) is 28.4 Å². The molecule has 256 valence electrons. The monoisotopic (exact) mass is 658 g/mol. The summed E-state index contributed by atoms with van der Waals surface area (Å²) in [5.74, 6) is 0.845. The highest BCUT2D eigenvalue weighted by Crippen LogP contribution is 2.33. The molecule has 0 aromatic heterocycles. The van der Waals surface area contributed by atoms with Gasteiger partial charge in [0.25, 0.3) is 0 Å². The van der Waals surface area contributed by atoms with Gasteiger partial charge in [-0.05, 0) is 59.5 Å². The zero-order chi connectivity index (χ0) is 35.2. The molecule has 3 rings (SSSR count). The Bertz CT molecular complexity index is 1370. The van der Waals surface area contributed by atoms with Crippen molar-refractivity contribution in [3.8, 4) is 17.2 Å². The quantitative estimate of drug-likeness (QED) is 0.0584. The van der Waals surface area contributed by atoms with E-state index in [0.29, 0.717) is 18.1 Å². The normalized spacial score (nSPS) is 10.3. The second-order valence-electron chi connectivity index (χ2n) is 10.7. The fraction of sp³-hybridized carbons (Fsp3) is 0.308. The van der Waals surface area contributed by atoms with Gasteiger partial charge in [0.1, 0.15) is 56.9 Å². The molecule has 0 spiro atoms. The van der Waals surface area contributed by atoms with E-state index in [9.17, 15) is 14.4 Å². The van der Waals surface area contributed by atoms with E-state index in [-0.39, 0.29) is 38.4 Å². The SMILES string of the molecule is C=CC(=O)OCCOc1ccc(C(C)(C)c2ccc(OCCOC(=O)C=C)cc2)cc1.C=CC(=O)OCCOc1ccc(CCC)cc1. The molecule has 0 saturated carbocycles. The third-order valence-corrected chi connectivity index (χ3v) is 6.90. The lowest BCUT2D eigenvalue weighted by molar-refractivity contribution is -0.139. The standard InChI is InChI=1S/C25H28O6.C14H18O3/c1-5-23(26)30-17-15-28-21-11-7-19(8-12-21)25(3,4)20-9-13-22(14-10-20)29-16-18-31-24(27)6-2;1-3-5-12-6-8-13(9-7-12)16-10-11-17-14(15)4-2/h5-14H,1-2,15-18H2,3-4H3;4,6-9H,2-3,5,10-11H2,1H3. The molecule has 0 heterocycles. The predicted octanol–water partition coefficient (Wildman–Crippen LogP) is 6.98. The van der Waals surface area contributed by atoms with E-state index < -0.39 is 17.9 Å². The molecule has 0 N–H and O–H groups in total. The fourth-order valence-electron chi connectivity index (χ4n) is 4.23. The van der Waals surface area contributed by atoms with Crippen molar-refractivity contribution in [1.29, 1.82) is 0 Å². The molecule has 9 heteroatoms. The van der Waals surface area contributed by atoms with Gasteiger partial charge < -0.3 is 28.4 Å². The average Bonchev–Trinajstić information content (AvgIpc) is 3.11. The van der Waals surface area contributed by atoms with Gasteiger partial charge in [0, 0.05) is 23.6 Å². The van der Waals surface area contributed by atoms with Crippen LogP contribution in [-0.4, -0.2) is 57.5 Å². The Kier molecular flexibility index (Phi) is 17.4. The van der Waals surface area contributed by atoms with Crippen LogP contribution in [0.25, 0.3) is 0 Å². The molecule has 48 heavy (non-hydrogen) atoms. The largest absolute Gasteiger partial charge is 0.490 e. The first-order valence-corrected chi connectivity index (χ1v) is 15.7. The van der Waals surface area contributed by atoms with Crippen LogP contribution in [0.15, 0.2) is 111 Å². The summed E-state index contributed by atoms with van der Waals surface area (Å²) < 4.78 is 31.2. The molecule has 0 atom stereocenters. The molecule has 0 radical (unpaired) electrons. The first-order chi connectivity index (χ1) is 23.1. The van der Waals surface area contributed by atoms with Gasteiger partial charge in [-0.3, -0.25) is 0 Å². The summed E-state index contributed by atoms with van der Waals surface area (Å²) in [4.78, 5) is 32.8. The molecule has 0 amide bonds.